The van der Waals surface area contributed by atoms with Gasteiger partial charge < -0.3 is 9.26 Å². The Labute approximate surface area is 142 Å². The number of ether oxygens (including phenoxy) is 1. The zero-order chi connectivity index (χ0) is 16.4. The third-order valence-electron chi connectivity index (χ3n) is 3.43. The molecule has 0 amide bonds. The van der Waals surface area contributed by atoms with Gasteiger partial charge in [-0.1, -0.05) is 11.2 Å². The van der Waals surface area contributed by atoms with Gasteiger partial charge in [0, 0.05) is 5.56 Å². The Morgan fingerprint density at radius 2 is 2.08 bits per heavy atom. The van der Waals surface area contributed by atoms with Crippen molar-refractivity contribution >= 4 is 11.3 Å². The number of aromatic nitrogens is 4. The Balaban J connectivity index is 1.58. The number of hydrogen-bond acceptors (Lipinski definition) is 6. The molecule has 4 aromatic rings. The van der Waals surface area contributed by atoms with Crippen molar-refractivity contribution in [2.24, 2.45) is 0 Å². The number of H-pyrrole nitrogens is 1. The van der Waals surface area contributed by atoms with Crippen molar-refractivity contribution in [3.8, 4) is 39.3 Å². The average Bonchev–Trinajstić information content (AvgIpc) is 3.35. The molecule has 3 aromatic heterocycles. The van der Waals surface area contributed by atoms with Crippen LogP contribution in [0.5, 0.6) is 5.75 Å². The lowest BCUT2D eigenvalue weighted by Gasteiger charge is -2.02. The Hall–Kier alpha value is -2.93. The van der Waals surface area contributed by atoms with Gasteiger partial charge in [0.2, 0.25) is 5.82 Å². The molecule has 0 atom stereocenters. The normalized spacial score (nSPS) is 10.9. The van der Waals surface area contributed by atoms with E-state index in [2.05, 4.69) is 20.3 Å². The maximum atomic E-state index is 5.43. The van der Waals surface area contributed by atoms with Gasteiger partial charge in [-0.05, 0) is 48.7 Å². The molecule has 0 aliphatic heterocycles. The Morgan fingerprint density at radius 3 is 2.83 bits per heavy atom. The van der Waals surface area contributed by atoms with Crippen molar-refractivity contribution in [1.82, 2.24) is 20.3 Å². The van der Waals surface area contributed by atoms with Crippen LogP contribution in [-0.2, 0) is 0 Å². The minimum atomic E-state index is 0.387. The summed E-state index contributed by atoms with van der Waals surface area (Å²) in [6.45, 7) is 2.59. The van der Waals surface area contributed by atoms with Crippen LogP contribution in [0.15, 0.2) is 52.4 Å². The molecule has 0 spiro atoms. The van der Waals surface area contributed by atoms with Gasteiger partial charge in [0.25, 0.3) is 5.89 Å². The van der Waals surface area contributed by atoms with Crippen LogP contribution in [0, 0.1) is 0 Å². The number of hydrogen-bond donors (Lipinski definition) is 1. The van der Waals surface area contributed by atoms with E-state index in [1.54, 1.807) is 11.3 Å². The molecule has 0 unspecified atom stereocenters. The number of thiophene rings is 1. The van der Waals surface area contributed by atoms with Crippen LogP contribution in [0.3, 0.4) is 0 Å². The van der Waals surface area contributed by atoms with E-state index in [0.29, 0.717) is 24.0 Å². The molecule has 0 saturated heterocycles. The second-order valence-electron chi connectivity index (χ2n) is 5.02. The van der Waals surface area contributed by atoms with Crippen molar-refractivity contribution in [2.45, 2.75) is 6.92 Å². The maximum absolute atomic E-state index is 5.43. The lowest BCUT2D eigenvalue weighted by atomic mass is 10.2. The lowest BCUT2D eigenvalue weighted by molar-refractivity contribution is 0.340. The zero-order valence-corrected chi connectivity index (χ0v) is 13.7. The molecule has 0 aliphatic carbocycles. The highest BCUT2D eigenvalue weighted by atomic mass is 32.1. The van der Waals surface area contributed by atoms with Crippen molar-refractivity contribution in [3.05, 3.63) is 47.8 Å². The number of benzene rings is 1. The van der Waals surface area contributed by atoms with Crippen LogP contribution in [0.2, 0.25) is 0 Å². The summed E-state index contributed by atoms with van der Waals surface area (Å²) < 4.78 is 10.8. The molecule has 0 fully saturated rings. The molecule has 0 bridgehead atoms. The van der Waals surface area contributed by atoms with Crippen molar-refractivity contribution < 1.29 is 9.26 Å². The number of nitrogens with zero attached hydrogens (tertiary/aromatic N) is 3. The van der Waals surface area contributed by atoms with E-state index in [9.17, 15) is 0 Å². The van der Waals surface area contributed by atoms with Gasteiger partial charge in [-0.2, -0.15) is 10.1 Å². The molecular formula is C17H14N4O2S. The molecule has 0 aliphatic rings. The van der Waals surface area contributed by atoms with Crippen LogP contribution in [-0.4, -0.2) is 26.9 Å². The number of aromatic amines is 1. The van der Waals surface area contributed by atoms with Gasteiger partial charge >= 0.3 is 0 Å². The third-order valence-corrected chi connectivity index (χ3v) is 4.34. The molecule has 24 heavy (non-hydrogen) atoms. The van der Waals surface area contributed by atoms with Crippen molar-refractivity contribution in [2.75, 3.05) is 6.61 Å². The zero-order valence-electron chi connectivity index (χ0n) is 12.9. The van der Waals surface area contributed by atoms with Gasteiger partial charge in [-0.25, -0.2) is 0 Å². The Bertz CT molecular complexity index is 926. The number of nitrogens with one attached hydrogen (secondary N) is 1. The van der Waals surface area contributed by atoms with Crippen LogP contribution in [0.25, 0.3) is 33.5 Å². The van der Waals surface area contributed by atoms with E-state index >= 15 is 0 Å². The molecule has 1 N–H and O–H groups in total. The second kappa shape index (κ2) is 6.29. The van der Waals surface area contributed by atoms with Gasteiger partial charge in [0.05, 0.1) is 17.2 Å². The SMILES string of the molecule is CCOc1ccc(-c2noc(-c3cc(-c4cccs4)[nH]n3)n2)cc1. The van der Waals surface area contributed by atoms with Gasteiger partial charge in [0.1, 0.15) is 5.75 Å². The van der Waals surface area contributed by atoms with E-state index in [0.717, 1.165) is 21.9 Å². The highest BCUT2D eigenvalue weighted by Gasteiger charge is 2.14. The summed E-state index contributed by atoms with van der Waals surface area (Å²) in [6, 6.07) is 13.5. The maximum Gasteiger partial charge on any atom is 0.278 e. The quantitative estimate of drug-likeness (QED) is 0.588. The molecule has 6 nitrogen and oxygen atoms in total. The minimum absolute atomic E-state index is 0.387. The molecule has 0 radical (unpaired) electrons. The summed E-state index contributed by atoms with van der Waals surface area (Å²) in [5.74, 6) is 1.73. The summed E-state index contributed by atoms with van der Waals surface area (Å²) in [5.41, 5.74) is 2.42. The van der Waals surface area contributed by atoms with E-state index in [1.165, 1.54) is 0 Å². The predicted molar refractivity (Wildman–Crippen MR) is 91.8 cm³/mol. The first-order valence-corrected chi connectivity index (χ1v) is 8.38. The summed E-state index contributed by atoms with van der Waals surface area (Å²) in [4.78, 5) is 5.53. The smallest absolute Gasteiger partial charge is 0.278 e. The highest BCUT2D eigenvalue weighted by molar-refractivity contribution is 7.13. The Morgan fingerprint density at radius 1 is 1.21 bits per heavy atom. The first-order chi connectivity index (χ1) is 11.8. The molecule has 4 rings (SSSR count). The van der Waals surface area contributed by atoms with E-state index in [1.807, 2.05) is 54.8 Å². The average molecular weight is 338 g/mol. The van der Waals surface area contributed by atoms with Gasteiger partial charge in [-0.3, -0.25) is 5.10 Å². The fourth-order valence-corrected chi connectivity index (χ4v) is 2.99. The standard InChI is InChI=1S/C17H14N4O2S/c1-2-22-12-7-5-11(6-8-12)16-18-17(23-21-16)14-10-13(19-20-14)15-4-3-9-24-15/h3-10H,2H2,1H3,(H,19,20). The summed E-state index contributed by atoms with van der Waals surface area (Å²) in [5, 5.41) is 13.3. The highest BCUT2D eigenvalue weighted by Crippen LogP contribution is 2.27. The van der Waals surface area contributed by atoms with Gasteiger partial charge in [-0.15, -0.1) is 11.3 Å². The first-order valence-electron chi connectivity index (χ1n) is 7.50. The Kier molecular flexibility index (Phi) is 3.84. The topological polar surface area (TPSA) is 76.8 Å². The molecule has 120 valence electrons. The monoisotopic (exact) mass is 338 g/mol. The fraction of sp³-hybridized carbons (Fsp3) is 0.118. The van der Waals surface area contributed by atoms with Crippen molar-refractivity contribution in [3.63, 3.8) is 0 Å². The first kappa shape index (κ1) is 14.6. The predicted octanol–water partition coefficient (Wildman–Crippen LogP) is 4.25. The molecule has 1 aromatic carbocycles. The van der Waals surface area contributed by atoms with Crippen LogP contribution in [0.1, 0.15) is 6.92 Å². The van der Waals surface area contributed by atoms with E-state index in [-0.39, 0.29) is 0 Å². The molecule has 0 saturated carbocycles. The summed E-state index contributed by atoms with van der Waals surface area (Å²) in [7, 11) is 0. The summed E-state index contributed by atoms with van der Waals surface area (Å²) in [6.07, 6.45) is 0. The van der Waals surface area contributed by atoms with Crippen molar-refractivity contribution in [1.29, 1.82) is 0 Å². The van der Waals surface area contributed by atoms with Crippen LogP contribution in [0.4, 0.5) is 0 Å². The number of rotatable bonds is 5. The van der Waals surface area contributed by atoms with E-state index < -0.39 is 0 Å². The lowest BCUT2D eigenvalue weighted by Crippen LogP contribution is -1.90. The third kappa shape index (κ3) is 2.81. The van der Waals surface area contributed by atoms with Crippen LogP contribution >= 0.6 is 11.3 Å². The van der Waals surface area contributed by atoms with Gasteiger partial charge in [0.15, 0.2) is 5.69 Å². The second-order valence-corrected chi connectivity index (χ2v) is 5.97. The molecular weight excluding hydrogens is 324 g/mol. The molecule has 7 heteroatoms. The minimum Gasteiger partial charge on any atom is -0.494 e. The van der Waals surface area contributed by atoms with Crippen LogP contribution < -0.4 is 4.74 Å². The van der Waals surface area contributed by atoms with E-state index in [4.69, 9.17) is 9.26 Å². The summed E-state index contributed by atoms with van der Waals surface area (Å²) >= 11 is 1.64. The largest absolute Gasteiger partial charge is 0.494 e. The molecule has 3 heterocycles. The fourth-order valence-electron chi connectivity index (χ4n) is 2.30.